The lowest BCUT2D eigenvalue weighted by Crippen LogP contribution is -2.34. The first-order valence-electron chi connectivity index (χ1n) is 8.70. The van der Waals surface area contributed by atoms with Crippen LogP contribution in [0.1, 0.15) is 23.3 Å². The van der Waals surface area contributed by atoms with Gasteiger partial charge < -0.3 is 15.8 Å². The SMILES string of the molecule is COc1ccc(-c2cnn([C@@H](C)C(=O)Nc3ccc(C(N)=O)cc3)c(=O)n2)cc1. The average Bonchev–Trinajstić information content (AvgIpc) is 2.73. The van der Waals surface area contributed by atoms with Gasteiger partial charge in [0.2, 0.25) is 11.8 Å². The number of nitrogens with one attached hydrogen (secondary N) is 1. The van der Waals surface area contributed by atoms with E-state index in [0.29, 0.717) is 28.3 Å². The van der Waals surface area contributed by atoms with Gasteiger partial charge in [0.05, 0.1) is 19.0 Å². The molecule has 0 radical (unpaired) electrons. The summed E-state index contributed by atoms with van der Waals surface area (Å²) in [6.07, 6.45) is 1.43. The van der Waals surface area contributed by atoms with Crippen molar-refractivity contribution in [2.24, 2.45) is 5.73 Å². The van der Waals surface area contributed by atoms with E-state index in [4.69, 9.17) is 10.5 Å². The Kier molecular flexibility index (Phi) is 5.68. The second kappa shape index (κ2) is 8.34. The van der Waals surface area contributed by atoms with Crippen LogP contribution < -0.4 is 21.5 Å². The summed E-state index contributed by atoms with van der Waals surface area (Å²) in [5, 5.41) is 6.75. The summed E-state index contributed by atoms with van der Waals surface area (Å²) in [5.41, 5.74) is 6.42. The number of methoxy groups -OCH3 is 1. The summed E-state index contributed by atoms with van der Waals surface area (Å²) in [6.45, 7) is 1.54. The maximum Gasteiger partial charge on any atom is 0.365 e. The van der Waals surface area contributed by atoms with Crippen LogP contribution in [0.4, 0.5) is 5.69 Å². The Hall–Kier alpha value is -4.01. The molecule has 9 heteroatoms. The van der Waals surface area contributed by atoms with E-state index in [0.717, 1.165) is 4.68 Å². The molecule has 0 fully saturated rings. The molecule has 0 aliphatic rings. The van der Waals surface area contributed by atoms with E-state index >= 15 is 0 Å². The molecule has 1 aromatic heterocycles. The Balaban J connectivity index is 1.75. The number of rotatable bonds is 6. The van der Waals surface area contributed by atoms with Crippen LogP contribution in [0.5, 0.6) is 5.75 Å². The van der Waals surface area contributed by atoms with Crippen LogP contribution in [0.15, 0.2) is 59.5 Å². The Morgan fingerprint density at radius 1 is 1.10 bits per heavy atom. The van der Waals surface area contributed by atoms with E-state index in [2.05, 4.69) is 15.4 Å². The first-order chi connectivity index (χ1) is 13.9. The summed E-state index contributed by atoms with van der Waals surface area (Å²) in [6, 6.07) is 12.2. The van der Waals surface area contributed by atoms with E-state index < -0.39 is 23.5 Å². The number of carbonyl (C=O) groups excluding carboxylic acids is 2. The fourth-order valence-corrected chi connectivity index (χ4v) is 2.59. The van der Waals surface area contributed by atoms with E-state index in [-0.39, 0.29) is 0 Å². The molecule has 0 saturated heterocycles. The van der Waals surface area contributed by atoms with Gasteiger partial charge in [-0.05, 0) is 55.5 Å². The van der Waals surface area contributed by atoms with Crippen molar-refractivity contribution in [3.8, 4) is 17.0 Å². The summed E-state index contributed by atoms with van der Waals surface area (Å²) < 4.78 is 6.10. The highest BCUT2D eigenvalue weighted by molar-refractivity contribution is 5.95. The number of anilines is 1. The third-order valence-electron chi connectivity index (χ3n) is 4.29. The zero-order valence-electron chi connectivity index (χ0n) is 15.8. The Morgan fingerprint density at radius 3 is 2.31 bits per heavy atom. The van der Waals surface area contributed by atoms with Crippen molar-refractivity contribution in [1.29, 1.82) is 0 Å². The smallest absolute Gasteiger partial charge is 0.365 e. The van der Waals surface area contributed by atoms with Gasteiger partial charge in [0.15, 0.2) is 0 Å². The summed E-state index contributed by atoms with van der Waals surface area (Å²) >= 11 is 0. The number of ether oxygens (including phenoxy) is 1. The molecule has 3 aromatic rings. The first-order valence-corrected chi connectivity index (χ1v) is 8.70. The molecule has 0 aliphatic carbocycles. The molecule has 3 N–H and O–H groups in total. The number of benzene rings is 2. The van der Waals surface area contributed by atoms with Crippen molar-refractivity contribution in [2.75, 3.05) is 12.4 Å². The molecule has 0 bridgehead atoms. The van der Waals surface area contributed by atoms with E-state index in [9.17, 15) is 14.4 Å². The molecule has 0 unspecified atom stereocenters. The molecule has 1 heterocycles. The molecule has 0 spiro atoms. The summed E-state index contributed by atoms with van der Waals surface area (Å²) in [5.74, 6) is -0.329. The highest BCUT2D eigenvalue weighted by Crippen LogP contribution is 2.19. The van der Waals surface area contributed by atoms with Crippen molar-refractivity contribution in [2.45, 2.75) is 13.0 Å². The molecule has 3 rings (SSSR count). The Morgan fingerprint density at radius 2 is 1.76 bits per heavy atom. The lowest BCUT2D eigenvalue weighted by Gasteiger charge is -2.14. The second-order valence-electron chi connectivity index (χ2n) is 6.20. The number of aromatic nitrogens is 3. The normalized spacial score (nSPS) is 11.5. The number of hydrogen-bond donors (Lipinski definition) is 2. The van der Waals surface area contributed by atoms with Crippen LogP contribution in [0.2, 0.25) is 0 Å². The van der Waals surface area contributed by atoms with Gasteiger partial charge >= 0.3 is 5.69 Å². The minimum atomic E-state index is -0.893. The Bertz CT molecular complexity index is 1090. The monoisotopic (exact) mass is 393 g/mol. The van der Waals surface area contributed by atoms with E-state index in [1.165, 1.54) is 25.3 Å². The van der Waals surface area contributed by atoms with Gasteiger partial charge in [-0.15, -0.1) is 0 Å². The largest absolute Gasteiger partial charge is 0.497 e. The Labute approximate surface area is 166 Å². The molecule has 1 atom stereocenters. The van der Waals surface area contributed by atoms with Crippen molar-refractivity contribution >= 4 is 17.5 Å². The second-order valence-corrected chi connectivity index (χ2v) is 6.20. The van der Waals surface area contributed by atoms with Crippen molar-refractivity contribution < 1.29 is 14.3 Å². The molecule has 0 saturated carbocycles. The van der Waals surface area contributed by atoms with Gasteiger partial charge in [-0.3, -0.25) is 9.59 Å². The standard InChI is InChI=1S/C20H19N5O4/c1-12(19(27)23-15-7-3-14(4-8-15)18(21)26)25-20(28)24-17(11-22-25)13-5-9-16(29-2)10-6-13/h3-12H,1-2H3,(H2,21,26)(H,23,27)/t12-/m0/s1. The third kappa shape index (κ3) is 4.46. The number of nitrogens with zero attached hydrogens (tertiary/aromatic N) is 3. The molecule has 9 nitrogen and oxygen atoms in total. The molecular weight excluding hydrogens is 374 g/mol. The summed E-state index contributed by atoms with van der Waals surface area (Å²) in [7, 11) is 1.56. The molecular formula is C20H19N5O4. The first kappa shape index (κ1) is 19.7. The van der Waals surface area contributed by atoms with Crippen molar-refractivity contribution in [3.63, 3.8) is 0 Å². The predicted octanol–water partition coefficient (Wildman–Crippen LogP) is 1.61. The third-order valence-corrected chi connectivity index (χ3v) is 4.29. The maximum absolute atomic E-state index is 12.5. The zero-order valence-corrected chi connectivity index (χ0v) is 15.8. The minimum absolute atomic E-state index is 0.326. The number of hydrogen-bond acceptors (Lipinski definition) is 6. The number of primary amides is 1. The number of carbonyl (C=O) groups is 2. The molecule has 148 valence electrons. The van der Waals surface area contributed by atoms with Crippen LogP contribution in [0.3, 0.4) is 0 Å². The maximum atomic E-state index is 12.5. The van der Waals surface area contributed by atoms with Gasteiger partial charge in [-0.25, -0.2) is 9.48 Å². The molecule has 29 heavy (non-hydrogen) atoms. The fraction of sp³-hybridized carbons (Fsp3) is 0.150. The van der Waals surface area contributed by atoms with Gasteiger partial charge in [-0.2, -0.15) is 10.1 Å². The number of nitrogens with two attached hydrogens (primary N) is 1. The minimum Gasteiger partial charge on any atom is -0.497 e. The predicted molar refractivity (Wildman–Crippen MR) is 107 cm³/mol. The zero-order chi connectivity index (χ0) is 21.0. The van der Waals surface area contributed by atoms with Crippen LogP contribution in [-0.4, -0.2) is 33.7 Å². The fourth-order valence-electron chi connectivity index (χ4n) is 2.59. The van der Waals surface area contributed by atoms with Gasteiger partial charge in [0, 0.05) is 16.8 Å². The summed E-state index contributed by atoms with van der Waals surface area (Å²) in [4.78, 5) is 40.0. The average molecular weight is 393 g/mol. The van der Waals surface area contributed by atoms with Gasteiger partial charge in [0.1, 0.15) is 11.8 Å². The van der Waals surface area contributed by atoms with Crippen LogP contribution in [0.25, 0.3) is 11.3 Å². The lowest BCUT2D eigenvalue weighted by molar-refractivity contribution is -0.119. The van der Waals surface area contributed by atoms with Gasteiger partial charge in [-0.1, -0.05) is 0 Å². The van der Waals surface area contributed by atoms with E-state index in [1.54, 1.807) is 43.5 Å². The topological polar surface area (TPSA) is 129 Å². The van der Waals surface area contributed by atoms with Crippen molar-refractivity contribution in [1.82, 2.24) is 14.8 Å². The van der Waals surface area contributed by atoms with Crippen molar-refractivity contribution in [3.05, 3.63) is 70.8 Å². The highest BCUT2D eigenvalue weighted by Gasteiger charge is 2.19. The quantitative estimate of drug-likeness (QED) is 0.655. The van der Waals surface area contributed by atoms with Crippen LogP contribution >= 0.6 is 0 Å². The number of amides is 2. The van der Waals surface area contributed by atoms with Gasteiger partial charge in [0.25, 0.3) is 0 Å². The highest BCUT2D eigenvalue weighted by atomic mass is 16.5. The molecule has 2 aromatic carbocycles. The van der Waals surface area contributed by atoms with Crippen LogP contribution in [-0.2, 0) is 4.79 Å². The lowest BCUT2D eigenvalue weighted by atomic mass is 10.1. The van der Waals surface area contributed by atoms with E-state index in [1.807, 2.05) is 0 Å². The molecule has 0 aliphatic heterocycles. The molecule has 2 amide bonds. The van der Waals surface area contributed by atoms with Crippen LogP contribution in [0, 0.1) is 0 Å².